The molecule has 0 amide bonds. The molecule has 3 N–H and O–H groups in total. The molecule has 0 bridgehead atoms. The Kier molecular flexibility index (Phi) is 4.68. The van der Waals surface area contributed by atoms with Crippen molar-refractivity contribution in [2.24, 2.45) is 5.73 Å². The maximum atomic E-state index is 5.96. The Bertz CT molecular complexity index is 742. The summed E-state index contributed by atoms with van der Waals surface area (Å²) in [4.78, 5) is 9.36. The van der Waals surface area contributed by atoms with Crippen molar-refractivity contribution >= 4 is 5.82 Å². The van der Waals surface area contributed by atoms with E-state index in [0.717, 1.165) is 43.0 Å². The molecule has 0 saturated heterocycles. The fraction of sp³-hybridized carbons (Fsp3) is 0.500. The summed E-state index contributed by atoms with van der Waals surface area (Å²) in [6.45, 7) is 0.433. The summed E-state index contributed by atoms with van der Waals surface area (Å²) < 4.78 is 5.26. The second kappa shape index (κ2) is 7.10. The molecular weight excluding hydrogens is 312 g/mol. The van der Waals surface area contributed by atoms with E-state index in [1.165, 1.54) is 17.5 Å². The van der Waals surface area contributed by atoms with Gasteiger partial charge in [0.15, 0.2) is 5.82 Å². The largest absolute Gasteiger partial charge is 0.377 e. The quantitative estimate of drug-likeness (QED) is 0.875. The summed E-state index contributed by atoms with van der Waals surface area (Å²) in [6.07, 6.45) is 5.52. The van der Waals surface area contributed by atoms with Gasteiger partial charge in [0.2, 0.25) is 0 Å². The molecule has 1 aromatic carbocycles. The van der Waals surface area contributed by atoms with Gasteiger partial charge in [0.25, 0.3) is 0 Å². The van der Waals surface area contributed by atoms with Crippen LogP contribution in [-0.4, -0.2) is 23.1 Å². The van der Waals surface area contributed by atoms with E-state index in [0.29, 0.717) is 24.6 Å². The molecule has 25 heavy (non-hydrogen) atoms. The summed E-state index contributed by atoms with van der Waals surface area (Å²) >= 11 is 0. The Balaban J connectivity index is 1.59. The first kappa shape index (κ1) is 16.5. The second-order valence-corrected chi connectivity index (χ2v) is 7.24. The molecule has 2 aromatic rings. The van der Waals surface area contributed by atoms with Crippen LogP contribution in [0.2, 0.25) is 0 Å². The van der Waals surface area contributed by atoms with Crippen LogP contribution in [0.1, 0.15) is 60.3 Å². The number of aryl methyl sites for hydroxylation is 1. The number of aromatic nitrogens is 2. The van der Waals surface area contributed by atoms with Gasteiger partial charge in [-0.15, -0.1) is 0 Å². The third-order valence-corrected chi connectivity index (χ3v) is 5.35. The molecule has 1 heterocycles. The van der Waals surface area contributed by atoms with Crippen molar-refractivity contribution in [3.63, 3.8) is 0 Å². The zero-order valence-corrected chi connectivity index (χ0v) is 14.7. The smallest absolute Gasteiger partial charge is 0.156 e. The van der Waals surface area contributed by atoms with Crippen LogP contribution in [0.4, 0.5) is 5.82 Å². The van der Waals surface area contributed by atoms with Crippen LogP contribution in [0, 0.1) is 0 Å². The van der Waals surface area contributed by atoms with Crippen molar-refractivity contribution in [1.29, 1.82) is 0 Å². The van der Waals surface area contributed by atoms with E-state index in [1.807, 2.05) is 0 Å². The Hall–Kier alpha value is -1.98. The van der Waals surface area contributed by atoms with Gasteiger partial charge in [0.1, 0.15) is 12.4 Å². The maximum absolute atomic E-state index is 5.96. The molecule has 0 spiro atoms. The monoisotopic (exact) mass is 338 g/mol. The van der Waals surface area contributed by atoms with E-state index in [1.54, 1.807) is 7.11 Å². The summed E-state index contributed by atoms with van der Waals surface area (Å²) in [6, 6.07) is 11.4. The first-order chi connectivity index (χ1) is 12.2. The fourth-order valence-corrected chi connectivity index (χ4v) is 3.98. The predicted molar refractivity (Wildman–Crippen MR) is 98.4 cm³/mol. The van der Waals surface area contributed by atoms with Crippen molar-refractivity contribution in [2.75, 3.05) is 12.4 Å². The van der Waals surface area contributed by atoms with Crippen LogP contribution in [0.15, 0.2) is 30.3 Å². The highest BCUT2D eigenvalue weighted by atomic mass is 16.5. The molecule has 1 fully saturated rings. The average molecular weight is 338 g/mol. The molecule has 0 unspecified atom stereocenters. The van der Waals surface area contributed by atoms with Gasteiger partial charge in [-0.2, -0.15) is 0 Å². The molecule has 5 nitrogen and oxygen atoms in total. The lowest BCUT2D eigenvalue weighted by molar-refractivity contribution is 0.177. The summed E-state index contributed by atoms with van der Waals surface area (Å²) in [5, 5.41) is 3.65. The number of hydrogen-bond donors (Lipinski definition) is 2. The third-order valence-electron chi connectivity index (χ3n) is 5.35. The Morgan fingerprint density at radius 1 is 1.24 bits per heavy atom. The van der Waals surface area contributed by atoms with Crippen molar-refractivity contribution in [1.82, 2.24) is 9.97 Å². The van der Waals surface area contributed by atoms with Crippen molar-refractivity contribution in [2.45, 2.75) is 56.7 Å². The highest BCUT2D eigenvalue weighted by Gasteiger charge is 2.29. The molecule has 0 radical (unpaired) electrons. The van der Waals surface area contributed by atoms with Gasteiger partial charge in [-0.1, -0.05) is 24.3 Å². The fourth-order valence-electron chi connectivity index (χ4n) is 3.98. The predicted octanol–water partition coefficient (Wildman–Crippen LogP) is 3.32. The number of rotatable bonds is 5. The van der Waals surface area contributed by atoms with Gasteiger partial charge in [0.05, 0.1) is 6.04 Å². The summed E-state index contributed by atoms with van der Waals surface area (Å²) in [5.74, 6) is 2.10. The first-order valence-electron chi connectivity index (χ1n) is 9.19. The number of nitrogens with zero attached hydrogens (tertiary/aromatic N) is 2. The molecule has 1 atom stereocenters. The van der Waals surface area contributed by atoms with E-state index in [-0.39, 0.29) is 0 Å². The van der Waals surface area contributed by atoms with Crippen LogP contribution in [0.25, 0.3) is 0 Å². The number of methoxy groups -OCH3 is 1. The van der Waals surface area contributed by atoms with Crippen LogP contribution in [0.5, 0.6) is 0 Å². The maximum Gasteiger partial charge on any atom is 0.156 e. The molecule has 0 aliphatic heterocycles. The molecular formula is C20H26N4O. The number of fused-ring (bicyclic) bond motifs is 1. The van der Waals surface area contributed by atoms with Gasteiger partial charge in [-0.25, -0.2) is 9.97 Å². The lowest BCUT2D eigenvalue weighted by Gasteiger charge is -2.32. The third kappa shape index (κ3) is 3.53. The standard InChI is InChI=1S/C20H26N4O/c1-25-12-20-23-18(14-9-15(21)10-14)11-19(24-20)22-17-8-4-6-13-5-2-3-7-16(13)17/h2-3,5,7,11,14-15,17H,4,6,8-10,12,21H2,1H3,(H,22,23,24)/t14?,15?,17-/m0/s1. The lowest BCUT2D eigenvalue weighted by Crippen LogP contribution is -2.35. The summed E-state index contributed by atoms with van der Waals surface area (Å²) in [5.41, 5.74) is 9.90. The molecule has 132 valence electrons. The van der Waals surface area contributed by atoms with Crippen LogP contribution in [0.3, 0.4) is 0 Å². The number of anilines is 1. The molecule has 4 rings (SSSR count). The Labute approximate surface area is 149 Å². The average Bonchev–Trinajstić information content (AvgIpc) is 2.59. The highest BCUT2D eigenvalue weighted by molar-refractivity contribution is 5.43. The minimum atomic E-state index is 0.312. The molecule has 1 saturated carbocycles. The molecule has 2 aliphatic carbocycles. The van der Waals surface area contributed by atoms with Gasteiger partial charge in [-0.05, 0) is 43.2 Å². The van der Waals surface area contributed by atoms with Gasteiger partial charge in [-0.3, -0.25) is 0 Å². The number of nitrogens with two attached hydrogens (primary N) is 1. The van der Waals surface area contributed by atoms with Gasteiger partial charge < -0.3 is 15.8 Å². The minimum absolute atomic E-state index is 0.312. The van der Waals surface area contributed by atoms with Crippen molar-refractivity contribution in [3.8, 4) is 0 Å². The number of hydrogen-bond acceptors (Lipinski definition) is 5. The van der Waals surface area contributed by atoms with Crippen molar-refractivity contribution < 1.29 is 4.74 Å². The minimum Gasteiger partial charge on any atom is -0.377 e. The van der Waals surface area contributed by atoms with Crippen molar-refractivity contribution in [3.05, 3.63) is 53.0 Å². The van der Waals surface area contributed by atoms with E-state index < -0.39 is 0 Å². The van der Waals surface area contributed by atoms with E-state index in [4.69, 9.17) is 10.5 Å². The number of nitrogens with one attached hydrogen (secondary N) is 1. The van der Waals surface area contributed by atoms with Gasteiger partial charge >= 0.3 is 0 Å². The van der Waals surface area contributed by atoms with E-state index in [9.17, 15) is 0 Å². The van der Waals surface area contributed by atoms with Gasteiger partial charge in [0, 0.05) is 30.8 Å². The topological polar surface area (TPSA) is 73.1 Å². The van der Waals surface area contributed by atoms with E-state index in [2.05, 4.69) is 45.6 Å². The molecule has 1 aromatic heterocycles. The zero-order valence-electron chi connectivity index (χ0n) is 14.7. The first-order valence-corrected chi connectivity index (χ1v) is 9.19. The number of ether oxygens (including phenoxy) is 1. The van der Waals surface area contributed by atoms with Crippen LogP contribution < -0.4 is 11.1 Å². The zero-order chi connectivity index (χ0) is 17.2. The SMILES string of the molecule is COCc1nc(N[C@H]2CCCc3ccccc32)cc(C2CC(N)C2)n1. The highest BCUT2D eigenvalue weighted by Crippen LogP contribution is 2.36. The van der Waals surface area contributed by atoms with Crippen LogP contribution >= 0.6 is 0 Å². The van der Waals surface area contributed by atoms with E-state index >= 15 is 0 Å². The van der Waals surface area contributed by atoms with Crippen LogP contribution in [-0.2, 0) is 17.8 Å². The summed E-state index contributed by atoms with van der Waals surface area (Å²) in [7, 11) is 1.68. The Morgan fingerprint density at radius 3 is 2.88 bits per heavy atom. The molecule has 5 heteroatoms. The Morgan fingerprint density at radius 2 is 2.08 bits per heavy atom. The second-order valence-electron chi connectivity index (χ2n) is 7.24. The number of benzene rings is 1. The molecule has 2 aliphatic rings. The normalized spacial score (nSPS) is 25.1. The lowest BCUT2D eigenvalue weighted by atomic mass is 9.78.